The minimum Gasteiger partial charge on any atom is -0.298 e. The number of likely N-dealkylation sites (tertiary alicyclic amines) is 1. The summed E-state index contributed by atoms with van der Waals surface area (Å²) >= 11 is 0. The van der Waals surface area contributed by atoms with Crippen LogP contribution >= 0.6 is 0 Å². The quantitative estimate of drug-likeness (QED) is 0.814. The molecule has 0 spiro atoms. The molecular weight excluding hydrogens is 234 g/mol. The monoisotopic (exact) mass is 259 g/mol. The third-order valence-electron chi connectivity index (χ3n) is 6.02. The summed E-state index contributed by atoms with van der Waals surface area (Å²) in [7, 11) is 2.03. The van der Waals surface area contributed by atoms with Crippen LogP contribution < -0.4 is 0 Å². The van der Waals surface area contributed by atoms with Gasteiger partial charge in [-0.3, -0.25) is 9.58 Å². The molecule has 5 rings (SSSR count). The Morgan fingerprint density at radius 3 is 2.16 bits per heavy atom. The summed E-state index contributed by atoms with van der Waals surface area (Å²) in [5, 5.41) is 4.48. The van der Waals surface area contributed by atoms with Crippen LogP contribution in [0.2, 0.25) is 0 Å². The average molecular weight is 259 g/mol. The molecule has 3 aliphatic carbocycles. The highest BCUT2D eigenvalue weighted by molar-refractivity contribution is 5.15. The highest BCUT2D eigenvalue weighted by Gasteiger charge is 2.47. The Hall–Kier alpha value is -0.830. The Morgan fingerprint density at radius 1 is 1.11 bits per heavy atom. The highest BCUT2D eigenvalue weighted by Crippen LogP contribution is 2.51. The van der Waals surface area contributed by atoms with E-state index in [-0.39, 0.29) is 0 Å². The van der Waals surface area contributed by atoms with Crippen LogP contribution in [0.25, 0.3) is 0 Å². The van der Waals surface area contributed by atoms with E-state index in [0.717, 1.165) is 30.2 Å². The smallest absolute Gasteiger partial charge is 0.0638 e. The minimum atomic E-state index is 1.02. The van der Waals surface area contributed by atoms with Crippen molar-refractivity contribution >= 4 is 0 Å². The lowest BCUT2D eigenvalue weighted by Gasteiger charge is -2.45. The third kappa shape index (κ3) is 1.94. The van der Waals surface area contributed by atoms with Crippen molar-refractivity contribution in [1.82, 2.24) is 14.7 Å². The van der Waals surface area contributed by atoms with Crippen molar-refractivity contribution in [2.24, 2.45) is 30.7 Å². The maximum absolute atomic E-state index is 4.48. The molecule has 4 fully saturated rings. The van der Waals surface area contributed by atoms with Crippen LogP contribution in [0, 0.1) is 30.6 Å². The first-order valence-corrected chi connectivity index (χ1v) is 7.92. The number of fused-ring (bicyclic) bond motifs is 2. The van der Waals surface area contributed by atoms with Crippen LogP contribution in [0.4, 0.5) is 0 Å². The average Bonchev–Trinajstić information content (AvgIpc) is 2.96. The SMILES string of the molecule is Cc1nn(C)cc1CN1C[C@@H]2C3CCC(CC3)[C@@H]2C1. The van der Waals surface area contributed by atoms with Gasteiger partial charge in [0, 0.05) is 38.4 Å². The Morgan fingerprint density at radius 2 is 1.68 bits per heavy atom. The van der Waals surface area contributed by atoms with Crippen molar-refractivity contribution in [3.8, 4) is 0 Å². The fourth-order valence-corrected chi connectivity index (χ4v) is 5.11. The molecule has 0 N–H and O–H groups in total. The first kappa shape index (κ1) is 12.0. The van der Waals surface area contributed by atoms with Crippen molar-refractivity contribution in [1.29, 1.82) is 0 Å². The Labute approximate surface area is 116 Å². The summed E-state index contributed by atoms with van der Waals surface area (Å²) in [5.74, 6) is 4.14. The van der Waals surface area contributed by atoms with Crippen molar-refractivity contribution in [3.63, 3.8) is 0 Å². The molecule has 3 nitrogen and oxygen atoms in total. The third-order valence-corrected chi connectivity index (χ3v) is 6.02. The van der Waals surface area contributed by atoms with Crippen LogP contribution in [0.5, 0.6) is 0 Å². The van der Waals surface area contributed by atoms with E-state index in [1.807, 2.05) is 11.7 Å². The molecule has 4 aliphatic rings. The van der Waals surface area contributed by atoms with Gasteiger partial charge in [0.1, 0.15) is 0 Å². The zero-order valence-corrected chi connectivity index (χ0v) is 12.2. The first-order valence-electron chi connectivity index (χ1n) is 7.92. The predicted octanol–water partition coefficient (Wildman–Crippen LogP) is 2.60. The van der Waals surface area contributed by atoms with Crippen molar-refractivity contribution in [2.75, 3.05) is 13.1 Å². The summed E-state index contributed by atoms with van der Waals surface area (Å²) < 4.78 is 1.96. The summed E-state index contributed by atoms with van der Waals surface area (Å²) in [4.78, 5) is 2.70. The highest BCUT2D eigenvalue weighted by atomic mass is 15.3. The van der Waals surface area contributed by atoms with Gasteiger partial charge in [0.2, 0.25) is 0 Å². The molecule has 0 amide bonds. The van der Waals surface area contributed by atoms with Gasteiger partial charge in [-0.25, -0.2) is 0 Å². The molecular formula is C16H25N3. The van der Waals surface area contributed by atoms with Crippen LogP contribution in [-0.4, -0.2) is 27.8 Å². The van der Waals surface area contributed by atoms with Gasteiger partial charge in [0.25, 0.3) is 0 Å². The maximum Gasteiger partial charge on any atom is 0.0638 e. The summed E-state index contributed by atoms with van der Waals surface area (Å²) in [5.41, 5.74) is 2.63. The van der Waals surface area contributed by atoms with Crippen molar-refractivity contribution in [2.45, 2.75) is 39.2 Å². The molecule has 0 aromatic carbocycles. The molecule has 0 radical (unpaired) electrons. The maximum atomic E-state index is 4.48. The number of aromatic nitrogens is 2. The lowest BCUT2D eigenvalue weighted by Crippen LogP contribution is -2.38. The number of nitrogens with zero attached hydrogens (tertiary/aromatic N) is 3. The normalized spacial score (nSPS) is 37.8. The molecule has 19 heavy (non-hydrogen) atoms. The van der Waals surface area contributed by atoms with Gasteiger partial charge in [-0.05, 0) is 56.3 Å². The molecule has 1 saturated heterocycles. The van der Waals surface area contributed by atoms with E-state index in [9.17, 15) is 0 Å². The molecule has 3 heteroatoms. The zero-order chi connectivity index (χ0) is 13.0. The van der Waals surface area contributed by atoms with Gasteiger partial charge in [0.15, 0.2) is 0 Å². The summed E-state index contributed by atoms with van der Waals surface area (Å²) in [6, 6.07) is 0. The van der Waals surface area contributed by atoms with Gasteiger partial charge in [-0.2, -0.15) is 5.10 Å². The van der Waals surface area contributed by atoms with Gasteiger partial charge in [-0.1, -0.05) is 0 Å². The molecule has 3 saturated carbocycles. The van der Waals surface area contributed by atoms with Crippen LogP contribution in [0.15, 0.2) is 6.20 Å². The molecule has 1 aromatic rings. The molecule has 1 aliphatic heterocycles. The molecule has 104 valence electrons. The zero-order valence-electron chi connectivity index (χ0n) is 12.2. The van der Waals surface area contributed by atoms with Crippen LogP contribution in [-0.2, 0) is 13.6 Å². The van der Waals surface area contributed by atoms with Gasteiger partial charge < -0.3 is 0 Å². The van der Waals surface area contributed by atoms with E-state index < -0.39 is 0 Å². The Kier molecular flexibility index (Phi) is 2.73. The second-order valence-electron chi connectivity index (χ2n) is 7.11. The minimum absolute atomic E-state index is 1.02. The van der Waals surface area contributed by atoms with Crippen molar-refractivity contribution in [3.05, 3.63) is 17.5 Å². The first-order chi connectivity index (χ1) is 9.20. The van der Waals surface area contributed by atoms with Crippen LogP contribution in [0.3, 0.4) is 0 Å². The van der Waals surface area contributed by atoms with Crippen LogP contribution in [0.1, 0.15) is 36.9 Å². The van der Waals surface area contributed by atoms with E-state index in [0.29, 0.717) is 0 Å². The fraction of sp³-hybridized carbons (Fsp3) is 0.812. The van der Waals surface area contributed by atoms with E-state index in [2.05, 4.69) is 23.1 Å². The Bertz CT molecular complexity index is 450. The lowest BCUT2D eigenvalue weighted by atomic mass is 9.60. The largest absolute Gasteiger partial charge is 0.298 e. The van der Waals surface area contributed by atoms with Gasteiger partial charge in [0.05, 0.1) is 5.69 Å². The van der Waals surface area contributed by atoms with E-state index in [1.165, 1.54) is 50.0 Å². The molecule has 1 aromatic heterocycles. The Balaban J connectivity index is 1.49. The van der Waals surface area contributed by atoms with Gasteiger partial charge in [-0.15, -0.1) is 0 Å². The summed E-state index contributed by atoms with van der Waals surface area (Å²) in [6.07, 6.45) is 8.28. The number of hydrogen-bond acceptors (Lipinski definition) is 2. The molecule has 2 bridgehead atoms. The van der Waals surface area contributed by atoms with E-state index in [4.69, 9.17) is 0 Å². The van der Waals surface area contributed by atoms with Crippen molar-refractivity contribution < 1.29 is 0 Å². The van der Waals surface area contributed by atoms with E-state index in [1.54, 1.807) is 0 Å². The predicted molar refractivity (Wildman–Crippen MR) is 75.7 cm³/mol. The molecule has 0 unspecified atom stereocenters. The second kappa shape index (κ2) is 4.34. The number of hydrogen-bond donors (Lipinski definition) is 0. The molecule has 2 atom stereocenters. The number of rotatable bonds is 2. The standard InChI is InChI=1S/C16H25N3/c1-11-14(7-18(2)17-11)8-19-9-15-12-3-4-13(6-5-12)16(15)10-19/h7,12-13,15-16H,3-6,8-10H2,1-2H3/t12?,13?,15-,16+. The van der Waals surface area contributed by atoms with Gasteiger partial charge >= 0.3 is 0 Å². The molecule has 2 heterocycles. The lowest BCUT2D eigenvalue weighted by molar-refractivity contribution is 0.0577. The fourth-order valence-electron chi connectivity index (χ4n) is 5.11. The second-order valence-corrected chi connectivity index (χ2v) is 7.11. The topological polar surface area (TPSA) is 21.1 Å². The summed E-state index contributed by atoms with van der Waals surface area (Å²) in [6.45, 7) is 5.95. The van der Waals surface area contributed by atoms with E-state index >= 15 is 0 Å². The number of aryl methyl sites for hydroxylation is 2.